The first-order valence-electron chi connectivity index (χ1n) is 11.3. The number of nitrogens with one attached hydrogen (secondary N) is 1. The van der Waals surface area contributed by atoms with Crippen LogP contribution in [0.5, 0.6) is 5.75 Å². The predicted molar refractivity (Wildman–Crippen MR) is 138 cm³/mol. The first-order valence-corrected chi connectivity index (χ1v) is 13.1. The van der Waals surface area contributed by atoms with Gasteiger partial charge < -0.3 is 15.0 Å². The van der Waals surface area contributed by atoms with Gasteiger partial charge in [0.1, 0.15) is 10.4 Å². The normalized spacial score (nSPS) is 16.0. The summed E-state index contributed by atoms with van der Waals surface area (Å²) >= 11 is 3.10. The Morgan fingerprint density at radius 3 is 2.94 bits per heavy atom. The van der Waals surface area contributed by atoms with Gasteiger partial charge in [0, 0.05) is 30.6 Å². The zero-order valence-electron chi connectivity index (χ0n) is 18.9. The maximum absolute atomic E-state index is 13.5. The lowest BCUT2D eigenvalue weighted by Crippen LogP contribution is -2.45. The van der Waals surface area contributed by atoms with Gasteiger partial charge in [-0.1, -0.05) is 12.1 Å². The van der Waals surface area contributed by atoms with Crippen molar-refractivity contribution in [2.75, 3.05) is 31.6 Å². The van der Waals surface area contributed by atoms with Crippen LogP contribution in [0.2, 0.25) is 0 Å². The third kappa shape index (κ3) is 4.58. The second kappa shape index (κ2) is 9.99. The van der Waals surface area contributed by atoms with Gasteiger partial charge in [-0.05, 0) is 54.3 Å². The third-order valence-electron chi connectivity index (χ3n) is 6.10. The van der Waals surface area contributed by atoms with Crippen LogP contribution in [-0.4, -0.2) is 42.2 Å². The van der Waals surface area contributed by atoms with Crippen LogP contribution in [0.3, 0.4) is 0 Å². The summed E-state index contributed by atoms with van der Waals surface area (Å²) in [5, 5.41) is 7.04. The molecule has 1 atom stereocenters. The zero-order chi connectivity index (χ0) is 23.5. The van der Waals surface area contributed by atoms with Crippen molar-refractivity contribution in [1.29, 1.82) is 0 Å². The van der Waals surface area contributed by atoms with Gasteiger partial charge in [0.2, 0.25) is 11.9 Å². The second-order valence-corrected chi connectivity index (χ2v) is 10.2. The zero-order valence-corrected chi connectivity index (χ0v) is 20.5. The average molecular weight is 495 g/mol. The number of thiophene rings is 2. The van der Waals surface area contributed by atoms with E-state index in [1.54, 1.807) is 23.0 Å². The fourth-order valence-corrected chi connectivity index (χ4v) is 5.84. The number of rotatable bonds is 7. The Kier molecular flexibility index (Phi) is 6.64. The van der Waals surface area contributed by atoms with Crippen molar-refractivity contribution in [1.82, 2.24) is 14.9 Å². The highest BCUT2D eigenvalue weighted by molar-refractivity contribution is 7.17. The molecule has 1 aliphatic rings. The van der Waals surface area contributed by atoms with E-state index >= 15 is 0 Å². The molecule has 1 amide bonds. The molecule has 0 saturated carbocycles. The van der Waals surface area contributed by atoms with Crippen LogP contribution in [0.4, 0.5) is 5.95 Å². The molecule has 4 aromatic rings. The number of ether oxygens (including phenoxy) is 1. The van der Waals surface area contributed by atoms with Gasteiger partial charge in [-0.15, -0.1) is 22.7 Å². The Morgan fingerprint density at radius 1 is 1.21 bits per heavy atom. The molecule has 1 saturated heterocycles. The van der Waals surface area contributed by atoms with Gasteiger partial charge in [-0.2, -0.15) is 0 Å². The monoisotopic (exact) mass is 494 g/mol. The Morgan fingerprint density at radius 2 is 2.12 bits per heavy atom. The fourth-order valence-electron chi connectivity index (χ4n) is 4.38. The highest BCUT2D eigenvalue weighted by Gasteiger charge is 2.29. The molecule has 1 aliphatic heterocycles. The number of methoxy groups -OCH3 is 1. The second-order valence-electron chi connectivity index (χ2n) is 8.29. The lowest BCUT2D eigenvalue weighted by atomic mass is 9.97. The fraction of sp³-hybridized carbons (Fsp3) is 0.320. The standard InChI is InChI=1S/C25H26N4O3S2/c1-32-19-7-2-6-18(15-19)29-24(31)22-21(10-14-34-22)27-25(29)28-12-3-5-17(16-28)23(30)26-11-9-20-8-4-13-33-20/h2,4,6-8,10,13-15,17H,3,5,9,11-12,16H2,1H3,(H,26,30)/t17-/m1/s1. The molecule has 3 aromatic heterocycles. The summed E-state index contributed by atoms with van der Waals surface area (Å²) in [4.78, 5) is 34.7. The number of hydrogen-bond acceptors (Lipinski definition) is 7. The lowest BCUT2D eigenvalue weighted by molar-refractivity contribution is -0.125. The molecule has 1 N–H and O–H groups in total. The molecule has 9 heteroatoms. The first kappa shape index (κ1) is 22.6. The quantitative estimate of drug-likeness (QED) is 0.419. The van der Waals surface area contributed by atoms with Crippen LogP contribution in [-0.2, 0) is 11.2 Å². The van der Waals surface area contributed by atoms with Crippen LogP contribution in [0, 0.1) is 5.92 Å². The Bertz CT molecular complexity index is 1350. The van der Waals surface area contributed by atoms with E-state index in [1.807, 2.05) is 41.8 Å². The highest BCUT2D eigenvalue weighted by Crippen LogP contribution is 2.27. The summed E-state index contributed by atoms with van der Waals surface area (Å²) in [5.41, 5.74) is 1.28. The Balaban J connectivity index is 1.42. The SMILES string of the molecule is COc1cccc(-n2c(N3CCC[C@@H](C(=O)NCCc4cccs4)C3)nc3ccsc3c2=O)c1. The van der Waals surface area contributed by atoms with E-state index in [0.29, 0.717) is 40.7 Å². The number of anilines is 1. The van der Waals surface area contributed by atoms with Gasteiger partial charge in [0.15, 0.2) is 0 Å². The largest absolute Gasteiger partial charge is 0.497 e. The number of aromatic nitrogens is 2. The number of carbonyl (C=O) groups excluding carboxylic acids is 1. The highest BCUT2D eigenvalue weighted by atomic mass is 32.1. The summed E-state index contributed by atoms with van der Waals surface area (Å²) in [5.74, 6) is 1.16. The van der Waals surface area contributed by atoms with Gasteiger partial charge >= 0.3 is 0 Å². The van der Waals surface area contributed by atoms with Gasteiger partial charge in [-0.3, -0.25) is 9.59 Å². The molecule has 1 aromatic carbocycles. The molecular weight excluding hydrogens is 468 g/mol. The number of carbonyl (C=O) groups is 1. The van der Waals surface area contributed by atoms with Crippen molar-refractivity contribution < 1.29 is 9.53 Å². The maximum atomic E-state index is 13.5. The van der Waals surface area contributed by atoms with E-state index in [1.165, 1.54) is 16.2 Å². The van der Waals surface area contributed by atoms with E-state index in [-0.39, 0.29) is 17.4 Å². The van der Waals surface area contributed by atoms with Crippen LogP contribution in [0.15, 0.2) is 58.0 Å². The topological polar surface area (TPSA) is 76.5 Å². The average Bonchev–Trinajstić information content (AvgIpc) is 3.56. The lowest BCUT2D eigenvalue weighted by Gasteiger charge is -2.34. The van der Waals surface area contributed by atoms with Crippen LogP contribution < -0.4 is 20.5 Å². The molecule has 0 aliphatic carbocycles. The van der Waals surface area contributed by atoms with Crippen LogP contribution >= 0.6 is 22.7 Å². The number of piperidine rings is 1. The van der Waals surface area contributed by atoms with Gasteiger partial charge in [0.25, 0.3) is 5.56 Å². The van der Waals surface area contributed by atoms with Gasteiger partial charge in [-0.25, -0.2) is 9.55 Å². The molecule has 0 radical (unpaired) electrons. The molecule has 1 fully saturated rings. The molecule has 176 valence electrons. The number of benzene rings is 1. The van der Waals surface area contributed by atoms with Crippen molar-refractivity contribution in [3.8, 4) is 11.4 Å². The van der Waals surface area contributed by atoms with E-state index in [9.17, 15) is 9.59 Å². The summed E-state index contributed by atoms with van der Waals surface area (Å²) in [6, 6.07) is 13.4. The summed E-state index contributed by atoms with van der Waals surface area (Å²) in [6.07, 6.45) is 2.52. The van der Waals surface area contributed by atoms with Crippen molar-refractivity contribution in [3.05, 3.63) is 68.5 Å². The van der Waals surface area contributed by atoms with Crippen LogP contribution in [0.1, 0.15) is 17.7 Å². The maximum Gasteiger partial charge on any atom is 0.277 e. The minimum atomic E-state index is -0.147. The molecule has 4 heterocycles. The molecule has 0 unspecified atom stereocenters. The van der Waals surface area contributed by atoms with Crippen molar-refractivity contribution in [2.45, 2.75) is 19.3 Å². The minimum absolute atomic E-state index is 0.0631. The molecule has 5 rings (SSSR count). The predicted octanol–water partition coefficient (Wildman–Crippen LogP) is 4.09. The van der Waals surface area contributed by atoms with Crippen molar-refractivity contribution in [2.24, 2.45) is 5.92 Å². The number of fused-ring (bicyclic) bond motifs is 1. The summed E-state index contributed by atoms with van der Waals surface area (Å²) in [7, 11) is 1.61. The molecule has 0 bridgehead atoms. The molecule has 0 spiro atoms. The summed E-state index contributed by atoms with van der Waals surface area (Å²) in [6.45, 7) is 1.89. The Labute approximate surface area is 205 Å². The molecule has 34 heavy (non-hydrogen) atoms. The Hall–Kier alpha value is -3.17. The van der Waals surface area contributed by atoms with E-state index in [4.69, 9.17) is 9.72 Å². The number of nitrogens with zero attached hydrogens (tertiary/aromatic N) is 3. The van der Waals surface area contributed by atoms with Crippen molar-refractivity contribution in [3.63, 3.8) is 0 Å². The van der Waals surface area contributed by atoms with Crippen LogP contribution in [0.25, 0.3) is 15.9 Å². The number of amides is 1. The van der Waals surface area contributed by atoms with Crippen molar-refractivity contribution >= 4 is 44.7 Å². The van der Waals surface area contributed by atoms with E-state index in [2.05, 4.69) is 21.7 Å². The van der Waals surface area contributed by atoms with Gasteiger partial charge in [0.05, 0.1) is 24.2 Å². The summed E-state index contributed by atoms with van der Waals surface area (Å²) < 4.78 is 7.66. The first-order chi connectivity index (χ1) is 16.6. The third-order valence-corrected chi connectivity index (χ3v) is 7.93. The number of hydrogen-bond donors (Lipinski definition) is 1. The van der Waals surface area contributed by atoms with E-state index in [0.717, 1.165) is 25.8 Å². The van der Waals surface area contributed by atoms with E-state index < -0.39 is 0 Å². The molecular formula is C25H26N4O3S2. The molecule has 7 nitrogen and oxygen atoms in total. The smallest absolute Gasteiger partial charge is 0.277 e. The minimum Gasteiger partial charge on any atom is -0.497 e.